The van der Waals surface area contributed by atoms with E-state index in [1.807, 2.05) is 0 Å². The summed E-state index contributed by atoms with van der Waals surface area (Å²) >= 11 is 0. The van der Waals surface area contributed by atoms with Gasteiger partial charge in [0.25, 0.3) is 0 Å². The molecule has 0 atom stereocenters. The van der Waals surface area contributed by atoms with Crippen molar-refractivity contribution >= 4 is 11.6 Å². The number of Topliss-reactive ketones (excluding diaryl/α,β-unsaturated/α-hetero) is 2. The van der Waals surface area contributed by atoms with Gasteiger partial charge in [0.2, 0.25) is 0 Å². The van der Waals surface area contributed by atoms with Gasteiger partial charge >= 0.3 is 51.4 Å². The minimum atomic E-state index is 0. The molecule has 0 bridgehead atoms. The van der Waals surface area contributed by atoms with E-state index in [0.717, 1.165) is 12.8 Å². The first kappa shape index (κ1) is 37.7. The molecule has 0 aliphatic carbocycles. The third kappa shape index (κ3) is 39.9. The Morgan fingerprint density at radius 1 is 0.731 bits per heavy atom. The molecule has 0 unspecified atom stereocenters. The van der Waals surface area contributed by atoms with Crippen LogP contribution in [0.3, 0.4) is 0 Å². The maximum Gasteiger partial charge on any atom is 1.00 e. The van der Waals surface area contributed by atoms with Gasteiger partial charge in [0.05, 0.1) is 0 Å². The van der Waals surface area contributed by atoms with Crippen LogP contribution in [0.2, 0.25) is 0 Å². The zero-order chi connectivity index (χ0) is 19.2. The number of hydrogen-bond donors (Lipinski definition) is 0. The van der Waals surface area contributed by atoms with Crippen molar-refractivity contribution in [1.82, 2.24) is 0 Å². The molecule has 0 rings (SSSR count). The standard InChI is InChI=1S/C11H22O.C7H12O.C4H10.CH3.K/c1-3-4-5-6-7-8-9-10-11(2)12;1-4-7(5-2)6(3)8;1-3-4-2;;/h3-10H2,1-2H3;7H,1-2,4-5H2,3H3;3-4H2,1-2H3;1H3;/q;-2;;-1;+1. The first-order valence-electron chi connectivity index (χ1n) is 9.99. The summed E-state index contributed by atoms with van der Waals surface area (Å²) in [6, 6.07) is 0. The molecule has 0 fully saturated rings. The average molecular weight is 395 g/mol. The van der Waals surface area contributed by atoms with E-state index in [4.69, 9.17) is 0 Å². The molecule has 26 heavy (non-hydrogen) atoms. The number of hydrogen-bond acceptors (Lipinski definition) is 2. The maximum atomic E-state index is 10.6. The number of carbonyl (C=O) groups is 2. The van der Waals surface area contributed by atoms with Crippen LogP contribution in [-0.4, -0.2) is 11.6 Å². The van der Waals surface area contributed by atoms with Crippen molar-refractivity contribution in [2.75, 3.05) is 0 Å². The van der Waals surface area contributed by atoms with E-state index in [1.54, 1.807) is 13.8 Å². The maximum absolute atomic E-state index is 10.6. The molecule has 3 heteroatoms. The zero-order valence-corrected chi connectivity index (χ0v) is 22.4. The minimum absolute atomic E-state index is 0. The summed E-state index contributed by atoms with van der Waals surface area (Å²) in [6.07, 6.45) is 13.8. The second-order valence-corrected chi connectivity index (χ2v) is 6.46. The van der Waals surface area contributed by atoms with E-state index in [-0.39, 0.29) is 70.5 Å². The number of carbonyl (C=O) groups excluding carboxylic acids is 2. The molecular formula is C23H47KO2-2. The Morgan fingerprint density at radius 2 is 1.12 bits per heavy atom. The van der Waals surface area contributed by atoms with Crippen LogP contribution in [0.4, 0.5) is 0 Å². The fourth-order valence-electron chi connectivity index (χ4n) is 1.88. The second-order valence-electron chi connectivity index (χ2n) is 6.46. The molecule has 0 spiro atoms. The van der Waals surface area contributed by atoms with Gasteiger partial charge in [0.1, 0.15) is 11.6 Å². The molecule has 0 heterocycles. The molecule has 0 aliphatic heterocycles. The Labute approximate surface area is 209 Å². The Balaban J connectivity index is -0.0000000918. The quantitative estimate of drug-likeness (QED) is 0.275. The van der Waals surface area contributed by atoms with Gasteiger partial charge in [0, 0.05) is 6.42 Å². The molecule has 0 saturated heterocycles. The summed E-state index contributed by atoms with van der Waals surface area (Å²) in [4.78, 5) is 21.1. The molecule has 0 N–H and O–H groups in total. The van der Waals surface area contributed by atoms with Crippen LogP contribution < -0.4 is 51.4 Å². The van der Waals surface area contributed by atoms with Crippen LogP contribution in [0.5, 0.6) is 0 Å². The van der Waals surface area contributed by atoms with Crippen molar-refractivity contribution in [1.29, 1.82) is 0 Å². The molecule has 154 valence electrons. The van der Waals surface area contributed by atoms with Crippen molar-refractivity contribution < 1.29 is 61.0 Å². The summed E-state index contributed by atoms with van der Waals surface area (Å²) < 4.78 is 0. The van der Waals surface area contributed by atoms with Gasteiger partial charge in [-0.3, -0.25) is 4.79 Å². The molecule has 0 radical (unpaired) electrons. The molecule has 0 amide bonds. The van der Waals surface area contributed by atoms with Crippen LogP contribution in [0.15, 0.2) is 0 Å². The van der Waals surface area contributed by atoms with Crippen LogP contribution in [-0.2, 0) is 9.59 Å². The van der Waals surface area contributed by atoms with Crippen molar-refractivity contribution in [3.8, 4) is 0 Å². The van der Waals surface area contributed by atoms with Crippen molar-refractivity contribution in [2.45, 2.75) is 112 Å². The Hall–Kier alpha value is 0.976. The normalized spacial score (nSPS) is 8.92. The van der Waals surface area contributed by atoms with Crippen molar-refractivity contribution in [3.05, 3.63) is 21.3 Å². The van der Waals surface area contributed by atoms with Gasteiger partial charge in [0.15, 0.2) is 0 Å². The molecular weight excluding hydrogens is 347 g/mol. The van der Waals surface area contributed by atoms with E-state index in [1.165, 1.54) is 51.4 Å². The van der Waals surface area contributed by atoms with Crippen molar-refractivity contribution in [3.63, 3.8) is 0 Å². The molecule has 2 nitrogen and oxygen atoms in total. The van der Waals surface area contributed by atoms with Gasteiger partial charge in [-0.15, -0.1) is 0 Å². The Bertz CT molecular complexity index is 259. The fourth-order valence-corrected chi connectivity index (χ4v) is 1.88. The van der Waals surface area contributed by atoms with E-state index in [9.17, 15) is 9.59 Å². The number of ketones is 2. The summed E-state index contributed by atoms with van der Waals surface area (Å²) in [5.74, 6) is 0.633. The summed E-state index contributed by atoms with van der Waals surface area (Å²) in [7, 11) is 0. The SMILES string of the molecule is CCCC.CCCCCCCCCC(C)=O.[CH2-]CC(C[CH2-])C(C)=O.[CH3-].[K+]. The van der Waals surface area contributed by atoms with Crippen LogP contribution in [0.25, 0.3) is 0 Å². The summed E-state index contributed by atoms with van der Waals surface area (Å²) in [5.41, 5.74) is 0. The topological polar surface area (TPSA) is 34.1 Å². The zero-order valence-electron chi connectivity index (χ0n) is 19.3. The molecule has 0 aromatic rings. The van der Waals surface area contributed by atoms with E-state index in [2.05, 4.69) is 34.6 Å². The van der Waals surface area contributed by atoms with Gasteiger partial charge in [-0.1, -0.05) is 72.1 Å². The monoisotopic (exact) mass is 394 g/mol. The van der Waals surface area contributed by atoms with Gasteiger partial charge < -0.3 is 26.1 Å². The fraction of sp³-hybridized carbons (Fsp3) is 0.783. The molecule has 0 aliphatic rings. The first-order chi connectivity index (χ1) is 11.4. The van der Waals surface area contributed by atoms with E-state index < -0.39 is 0 Å². The third-order valence-corrected chi connectivity index (χ3v) is 3.90. The Kier molecular flexibility index (Phi) is 48.6. The Morgan fingerprint density at radius 3 is 1.35 bits per heavy atom. The molecule has 0 saturated carbocycles. The summed E-state index contributed by atoms with van der Waals surface area (Å²) in [6.45, 7) is 17.1. The number of rotatable bonds is 12. The third-order valence-electron chi connectivity index (χ3n) is 3.90. The first-order valence-corrected chi connectivity index (χ1v) is 9.99. The largest absolute Gasteiger partial charge is 1.00 e. The predicted octanol–water partition coefficient (Wildman–Crippen LogP) is 4.62. The summed E-state index contributed by atoms with van der Waals surface area (Å²) in [5, 5.41) is 0. The minimum Gasteiger partial charge on any atom is -0.358 e. The smallest absolute Gasteiger partial charge is 0.358 e. The van der Waals surface area contributed by atoms with E-state index in [0.29, 0.717) is 18.6 Å². The van der Waals surface area contributed by atoms with E-state index >= 15 is 0 Å². The number of unbranched alkanes of at least 4 members (excludes halogenated alkanes) is 7. The molecule has 0 aromatic heterocycles. The van der Waals surface area contributed by atoms with Gasteiger partial charge in [-0.05, 0) is 26.2 Å². The van der Waals surface area contributed by atoms with Crippen LogP contribution in [0.1, 0.15) is 112 Å². The predicted molar refractivity (Wildman–Crippen MR) is 114 cm³/mol. The van der Waals surface area contributed by atoms with Crippen LogP contribution in [0, 0.1) is 27.2 Å². The van der Waals surface area contributed by atoms with Gasteiger partial charge in [-0.25, -0.2) is 0 Å². The average Bonchev–Trinajstić information content (AvgIpc) is 2.55. The molecule has 0 aromatic carbocycles. The van der Waals surface area contributed by atoms with Gasteiger partial charge in [-0.2, -0.15) is 12.8 Å². The van der Waals surface area contributed by atoms with Crippen LogP contribution >= 0.6 is 0 Å². The second kappa shape index (κ2) is 33.6. The van der Waals surface area contributed by atoms with Crippen molar-refractivity contribution in [2.24, 2.45) is 5.92 Å².